The van der Waals surface area contributed by atoms with E-state index in [0.29, 0.717) is 11.1 Å². The van der Waals surface area contributed by atoms with E-state index in [-0.39, 0.29) is 11.6 Å². The molecule has 0 saturated carbocycles. The molecular formula is C14H20ClN3OS. The van der Waals surface area contributed by atoms with Crippen molar-refractivity contribution in [3.63, 3.8) is 0 Å². The second-order valence-corrected chi connectivity index (χ2v) is 7.14. The summed E-state index contributed by atoms with van der Waals surface area (Å²) in [5.74, 6) is 8.60. The molecule has 2 saturated heterocycles. The molecule has 1 spiro atoms. The van der Waals surface area contributed by atoms with Gasteiger partial charge in [0.05, 0.1) is 11.6 Å². The van der Waals surface area contributed by atoms with E-state index in [2.05, 4.69) is 10.4 Å². The van der Waals surface area contributed by atoms with Crippen molar-refractivity contribution in [3.8, 4) is 0 Å². The van der Waals surface area contributed by atoms with Crippen LogP contribution in [-0.2, 0) is 4.74 Å². The van der Waals surface area contributed by atoms with Gasteiger partial charge in [-0.05, 0) is 42.6 Å². The Morgan fingerprint density at radius 2 is 2.45 bits per heavy atom. The normalized spacial score (nSPS) is 31.6. The Hall–Kier alpha value is -0.330. The van der Waals surface area contributed by atoms with Crippen LogP contribution in [0.25, 0.3) is 0 Å². The highest BCUT2D eigenvalue weighted by atomic mass is 35.5. The first kappa shape index (κ1) is 14.6. The van der Waals surface area contributed by atoms with E-state index in [4.69, 9.17) is 22.2 Å². The molecule has 0 radical (unpaired) electrons. The first-order valence-electron chi connectivity index (χ1n) is 7.02. The fraction of sp³-hybridized carbons (Fsp3) is 0.643. The van der Waals surface area contributed by atoms with E-state index >= 15 is 0 Å². The molecule has 2 aliphatic heterocycles. The van der Waals surface area contributed by atoms with Gasteiger partial charge in [-0.25, -0.2) is 4.98 Å². The molecule has 0 amide bonds. The van der Waals surface area contributed by atoms with Crippen LogP contribution in [-0.4, -0.2) is 28.7 Å². The van der Waals surface area contributed by atoms with Gasteiger partial charge >= 0.3 is 0 Å². The van der Waals surface area contributed by atoms with Gasteiger partial charge in [-0.3, -0.25) is 11.3 Å². The highest BCUT2D eigenvalue weighted by molar-refractivity contribution is 7.99. The summed E-state index contributed by atoms with van der Waals surface area (Å²) in [5, 5.41) is 0.514. The van der Waals surface area contributed by atoms with Gasteiger partial charge in [0.2, 0.25) is 0 Å². The lowest BCUT2D eigenvalue weighted by molar-refractivity contribution is -0.0854. The molecule has 3 heterocycles. The number of halogens is 1. The molecule has 3 N–H and O–H groups in total. The average Bonchev–Trinajstić information content (AvgIpc) is 2.90. The smallest absolute Gasteiger partial charge is 0.129 e. The molecule has 2 aliphatic rings. The van der Waals surface area contributed by atoms with E-state index in [9.17, 15) is 0 Å². The van der Waals surface area contributed by atoms with E-state index in [1.807, 2.05) is 30.1 Å². The quantitative estimate of drug-likeness (QED) is 0.510. The molecule has 0 bridgehead atoms. The summed E-state index contributed by atoms with van der Waals surface area (Å²) < 4.78 is 6.08. The van der Waals surface area contributed by atoms with Crippen molar-refractivity contribution < 1.29 is 4.74 Å². The van der Waals surface area contributed by atoms with Gasteiger partial charge in [0.15, 0.2) is 0 Å². The second-order valence-electron chi connectivity index (χ2n) is 5.65. The molecule has 0 aromatic carbocycles. The molecule has 0 aliphatic carbocycles. The number of hydrogen-bond acceptors (Lipinski definition) is 5. The van der Waals surface area contributed by atoms with E-state index < -0.39 is 0 Å². The summed E-state index contributed by atoms with van der Waals surface area (Å²) in [6.45, 7) is 0.824. The van der Waals surface area contributed by atoms with Gasteiger partial charge in [-0.15, -0.1) is 0 Å². The first-order valence-corrected chi connectivity index (χ1v) is 8.55. The number of nitrogens with two attached hydrogens (primary N) is 1. The molecule has 20 heavy (non-hydrogen) atoms. The number of aromatic nitrogens is 1. The first-order chi connectivity index (χ1) is 9.72. The Morgan fingerprint density at radius 3 is 3.10 bits per heavy atom. The molecule has 3 atom stereocenters. The standard InChI is InChI=1S/C14H20ClN3OS/c15-12-2-1-11(8-17-12)13(18-16)10-3-5-19-14(7-10)4-6-20-9-14/h1-2,8,10,13,18H,3-7,9,16H2. The van der Waals surface area contributed by atoms with Gasteiger partial charge in [0.1, 0.15) is 5.15 Å². The monoisotopic (exact) mass is 313 g/mol. The Morgan fingerprint density at radius 1 is 1.55 bits per heavy atom. The Labute approximate surface area is 128 Å². The summed E-state index contributed by atoms with van der Waals surface area (Å²) >= 11 is 7.85. The molecule has 1 aromatic heterocycles. The summed E-state index contributed by atoms with van der Waals surface area (Å²) in [4.78, 5) is 4.17. The average molecular weight is 314 g/mol. The highest BCUT2D eigenvalue weighted by Gasteiger charge is 2.42. The maximum Gasteiger partial charge on any atom is 0.129 e. The lowest BCUT2D eigenvalue weighted by Gasteiger charge is -2.40. The highest BCUT2D eigenvalue weighted by Crippen LogP contribution is 2.43. The zero-order valence-corrected chi connectivity index (χ0v) is 12.9. The predicted molar refractivity (Wildman–Crippen MR) is 82.7 cm³/mol. The number of hydrazine groups is 1. The van der Waals surface area contributed by atoms with Crippen LogP contribution in [0, 0.1) is 5.92 Å². The van der Waals surface area contributed by atoms with Crippen LogP contribution >= 0.6 is 23.4 Å². The van der Waals surface area contributed by atoms with Crippen LogP contribution in [0.4, 0.5) is 0 Å². The summed E-state index contributed by atoms with van der Waals surface area (Å²) in [6, 6.07) is 3.94. The minimum Gasteiger partial charge on any atom is -0.374 e. The van der Waals surface area contributed by atoms with Gasteiger partial charge in [-0.1, -0.05) is 17.7 Å². The number of nitrogens with one attached hydrogen (secondary N) is 1. The van der Waals surface area contributed by atoms with Crippen molar-refractivity contribution in [2.24, 2.45) is 11.8 Å². The number of ether oxygens (including phenoxy) is 1. The number of rotatable bonds is 3. The molecule has 2 fully saturated rings. The summed E-state index contributed by atoms with van der Waals surface area (Å²) in [6.07, 6.45) is 5.07. The van der Waals surface area contributed by atoms with Crippen LogP contribution in [0.1, 0.15) is 30.9 Å². The Kier molecular flexibility index (Phi) is 4.52. The third-order valence-electron chi connectivity index (χ3n) is 4.36. The zero-order valence-electron chi connectivity index (χ0n) is 11.3. The largest absolute Gasteiger partial charge is 0.374 e. The van der Waals surface area contributed by atoms with Gasteiger partial charge in [0, 0.05) is 18.6 Å². The second kappa shape index (κ2) is 6.20. The number of hydrogen-bond donors (Lipinski definition) is 2. The van der Waals surface area contributed by atoms with Gasteiger partial charge < -0.3 is 4.74 Å². The Balaban J connectivity index is 1.76. The minimum absolute atomic E-state index is 0.0720. The van der Waals surface area contributed by atoms with Crippen molar-refractivity contribution in [3.05, 3.63) is 29.0 Å². The maximum atomic E-state index is 6.08. The summed E-state index contributed by atoms with van der Waals surface area (Å²) in [5.41, 5.74) is 4.14. The minimum atomic E-state index is 0.0720. The predicted octanol–water partition coefficient (Wildman–Crippen LogP) is 2.54. The zero-order chi connectivity index (χ0) is 14.0. The molecule has 3 rings (SSSR count). The summed E-state index contributed by atoms with van der Waals surface area (Å²) in [7, 11) is 0. The number of thioether (sulfide) groups is 1. The molecule has 6 heteroatoms. The van der Waals surface area contributed by atoms with E-state index in [0.717, 1.165) is 37.2 Å². The molecule has 4 nitrogen and oxygen atoms in total. The van der Waals surface area contributed by atoms with Crippen LogP contribution in [0.5, 0.6) is 0 Å². The lowest BCUT2D eigenvalue weighted by Crippen LogP contribution is -2.45. The van der Waals surface area contributed by atoms with E-state index in [1.165, 1.54) is 5.75 Å². The Bertz CT molecular complexity index is 450. The van der Waals surface area contributed by atoms with Crippen molar-refractivity contribution in [2.45, 2.75) is 30.9 Å². The topological polar surface area (TPSA) is 60.2 Å². The third kappa shape index (κ3) is 2.97. The van der Waals surface area contributed by atoms with Crippen LogP contribution in [0.15, 0.2) is 18.3 Å². The van der Waals surface area contributed by atoms with Crippen molar-refractivity contribution in [2.75, 3.05) is 18.1 Å². The lowest BCUT2D eigenvalue weighted by atomic mass is 9.79. The number of nitrogens with zero attached hydrogens (tertiary/aromatic N) is 1. The van der Waals surface area contributed by atoms with Crippen LogP contribution < -0.4 is 11.3 Å². The van der Waals surface area contributed by atoms with Crippen molar-refractivity contribution >= 4 is 23.4 Å². The fourth-order valence-corrected chi connectivity index (χ4v) is 4.78. The SMILES string of the molecule is NNC(c1ccc(Cl)nc1)C1CCOC2(CCSC2)C1. The van der Waals surface area contributed by atoms with Crippen LogP contribution in [0.3, 0.4) is 0 Å². The molecule has 1 aromatic rings. The van der Waals surface area contributed by atoms with Gasteiger partial charge in [-0.2, -0.15) is 11.8 Å². The molecular weight excluding hydrogens is 294 g/mol. The maximum absolute atomic E-state index is 6.08. The third-order valence-corrected chi connectivity index (χ3v) is 5.81. The van der Waals surface area contributed by atoms with Crippen molar-refractivity contribution in [1.82, 2.24) is 10.4 Å². The fourth-order valence-electron chi connectivity index (χ4n) is 3.29. The van der Waals surface area contributed by atoms with Crippen LogP contribution in [0.2, 0.25) is 5.15 Å². The van der Waals surface area contributed by atoms with Gasteiger partial charge in [0.25, 0.3) is 0 Å². The number of pyridine rings is 1. The van der Waals surface area contributed by atoms with Crippen molar-refractivity contribution in [1.29, 1.82) is 0 Å². The molecule has 110 valence electrons. The van der Waals surface area contributed by atoms with E-state index in [1.54, 1.807) is 0 Å². The molecule has 3 unspecified atom stereocenters.